The molecule has 0 saturated heterocycles. The van der Waals surface area contributed by atoms with E-state index in [0.717, 1.165) is 0 Å². The van der Waals surface area contributed by atoms with Gasteiger partial charge in [-0.15, -0.1) is 0 Å². The molecule has 2 rings (SSSR count). The van der Waals surface area contributed by atoms with Crippen LogP contribution < -0.4 is 18.5 Å². The first-order chi connectivity index (χ1) is 11.8. The lowest BCUT2D eigenvalue weighted by molar-refractivity contribution is 0.220. The van der Waals surface area contributed by atoms with Crippen LogP contribution in [0.2, 0.25) is 0 Å². The van der Waals surface area contributed by atoms with Crippen molar-refractivity contribution in [1.82, 2.24) is 0 Å². The van der Waals surface area contributed by atoms with E-state index in [2.05, 4.69) is 0 Å². The van der Waals surface area contributed by atoms with Crippen molar-refractivity contribution in [2.45, 2.75) is 39.9 Å². The SMILES string of the molecule is CC(C)Oc1ccccc1OP(=O)(O)Oc1ccccc1OC(C)C. The topological polar surface area (TPSA) is 74.2 Å². The van der Waals surface area contributed by atoms with Crippen molar-refractivity contribution in [2.24, 2.45) is 0 Å². The Morgan fingerprint density at radius 2 is 1.04 bits per heavy atom. The molecule has 7 heteroatoms. The van der Waals surface area contributed by atoms with Gasteiger partial charge in [0, 0.05) is 0 Å². The second kappa shape index (κ2) is 8.28. The second-order valence-corrected chi connectivity index (χ2v) is 7.18. The lowest BCUT2D eigenvalue weighted by Gasteiger charge is -2.19. The van der Waals surface area contributed by atoms with Crippen molar-refractivity contribution in [2.75, 3.05) is 0 Å². The number of hydrogen-bond acceptors (Lipinski definition) is 5. The maximum absolute atomic E-state index is 12.4. The maximum Gasteiger partial charge on any atom is 0.585 e. The van der Waals surface area contributed by atoms with Crippen molar-refractivity contribution in [3.8, 4) is 23.0 Å². The van der Waals surface area contributed by atoms with E-state index in [1.54, 1.807) is 48.5 Å². The Hall–Kier alpha value is -2.17. The van der Waals surface area contributed by atoms with E-state index >= 15 is 0 Å². The highest BCUT2D eigenvalue weighted by Gasteiger charge is 2.28. The predicted molar refractivity (Wildman–Crippen MR) is 95.5 cm³/mol. The molecule has 0 saturated carbocycles. The lowest BCUT2D eigenvalue weighted by atomic mass is 10.3. The van der Waals surface area contributed by atoms with Gasteiger partial charge < -0.3 is 18.5 Å². The van der Waals surface area contributed by atoms with Crippen LogP contribution >= 0.6 is 7.82 Å². The van der Waals surface area contributed by atoms with Gasteiger partial charge in [0.05, 0.1) is 12.2 Å². The van der Waals surface area contributed by atoms with Crippen LogP contribution in [0.25, 0.3) is 0 Å². The first kappa shape index (κ1) is 19.2. The summed E-state index contributed by atoms with van der Waals surface area (Å²) in [5.74, 6) is 0.984. The fourth-order valence-electron chi connectivity index (χ4n) is 2.02. The van der Waals surface area contributed by atoms with E-state index in [0.29, 0.717) is 11.5 Å². The van der Waals surface area contributed by atoms with Gasteiger partial charge in [0.25, 0.3) is 0 Å². The number of ether oxygens (including phenoxy) is 2. The number of benzene rings is 2. The molecule has 0 bridgehead atoms. The molecular formula is C18H23O6P. The van der Waals surface area contributed by atoms with Gasteiger partial charge >= 0.3 is 7.82 Å². The molecule has 0 fully saturated rings. The molecule has 6 nitrogen and oxygen atoms in total. The normalized spacial score (nSPS) is 11.5. The van der Waals surface area contributed by atoms with Crippen molar-refractivity contribution in [3.63, 3.8) is 0 Å². The minimum Gasteiger partial charge on any atom is -0.487 e. The van der Waals surface area contributed by atoms with E-state index < -0.39 is 7.82 Å². The number of rotatable bonds is 8. The molecule has 25 heavy (non-hydrogen) atoms. The van der Waals surface area contributed by atoms with Crippen molar-refractivity contribution in [3.05, 3.63) is 48.5 Å². The minimum absolute atomic E-state index is 0.107. The second-order valence-electron chi connectivity index (χ2n) is 5.88. The summed E-state index contributed by atoms with van der Waals surface area (Å²) < 4.78 is 34.0. The van der Waals surface area contributed by atoms with Crippen LogP contribution in [-0.2, 0) is 4.57 Å². The standard InChI is InChI=1S/C18H23O6P/c1-13(2)21-15-9-5-7-11-17(15)23-25(19,20)24-18-12-8-6-10-16(18)22-14(3)4/h5-14H,1-4H3,(H,19,20). The molecule has 0 aliphatic rings. The van der Waals surface area contributed by atoms with Gasteiger partial charge in [0.1, 0.15) is 0 Å². The quantitative estimate of drug-likeness (QED) is 0.675. The Morgan fingerprint density at radius 3 is 1.36 bits per heavy atom. The highest BCUT2D eigenvalue weighted by molar-refractivity contribution is 7.48. The van der Waals surface area contributed by atoms with Gasteiger partial charge in [-0.25, -0.2) is 4.57 Å². The number of phosphoric acid groups is 1. The molecule has 1 N–H and O–H groups in total. The summed E-state index contributed by atoms with van der Waals surface area (Å²) >= 11 is 0. The zero-order valence-corrected chi connectivity index (χ0v) is 15.6. The zero-order chi connectivity index (χ0) is 18.4. The Kier molecular flexibility index (Phi) is 6.34. The Bertz CT molecular complexity index is 684. The van der Waals surface area contributed by atoms with Gasteiger partial charge in [-0.2, -0.15) is 0 Å². The van der Waals surface area contributed by atoms with Gasteiger partial charge in [-0.05, 0) is 52.0 Å². The number of phosphoric ester groups is 1. The summed E-state index contributed by atoms with van der Waals surface area (Å²) in [5.41, 5.74) is 0. The average Bonchev–Trinajstić information content (AvgIpc) is 2.50. The molecule has 2 aromatic carbocycles. The highest BCUT2D eigenvalue weighted by atomic mass is 31.2. The summed E-state index contributed by atoms with van der Waals surface area (Å²) in [5, 5.41) is 0. The fraction of sp³-hybridized carbons (Fsp3) is 0.333. The van der Waals surface area contributed by atoms with Crippen molar-refractivity contribution in [1.29, 1.82) is 0 Å². The van der Waals surface area contributed by atoms with Gasteiger partial charge in [-0.3, -0.25) is 4.89 Å². The average molecular weight is 366 g/mol. The third kappa shape index (κ3) is 6.00. The first-order valence-electron chi connectivity index (χ1n) is 8.00. The van der Waals surface area contributed by atoms with Gasteiger partial charge in [0.15, 0.2) is 23.0 Å². The summed E-state index contributed by atoms with van der Waals surface area (Å²) in [7, 11) is -4.44. The van der Waals surface area contributed by atoms with Crippen LogP contribution in [0.3, 0.4) is 0 Å². The Labute approximate surface area is 147 Å². The largest absolute Gasteiger partial charge is 0.585 e. The number of hydrogen-bond donors (Lipinski definition) is 1. The molecule has 0 radical (unpaired) electrons. The van der Waals surface area contributed by atoms with E-state index in [-0.39, 0.29) is 23.7 Å². The Morgan fingerprint density at radius 1 is 0.720 bits per heavy atom. The van der Waals surface area contributed by atoms with Gasteiger partial charge in [0.2, 0.25) is 0 Å². The summed E-state index contributed by atoms with van der Waals surface area (Å²) in [6.45, 7) is 7.41. The van der Waals surface area contributed by atoms with Crippen LogP contribution in [0.5, 0.6) is 23.0 Å². The molecule has 0 unspecified atom stereocenters. The molecular weight excluding hydrogens is 343 g/mol. The van der Waals surface area contributed by atoms with Crippen LogP contribution in [-0.4, -0.2) is 17.1 Å². The highest BCUT2D eigenvalue weighted by Crippen LogP contribution is 2.49. The van der Waals surface area contributed by atoms with Crippen LogP contribution in [0.15, 0.2) is 48.5 Å². The molecule has 0 amide bonds. The van der Waals surface area contributed by atoms with Crippen LogP contribution in [0, 0.1) is 0 Å². The van der Waals surface area contributed by atoms with Crippen LogP contribution in [0.4, 0.5) is 0 Å². The van der Waals surface area contributed by atoms with E-state index in [9.17, 15) is 9.46 Å². The molecule has 0 spiro atoms. The zero-order valence-electron chi connectivity index (χ0n) is 14.7. The smallest absolute Gasteiger partial charge is 0.487 e. The summed E-state index contributed by atoms with van der Waals surface area (Å²) in [6, 6.07) is 13.3. The van der Waals surface area contributed by atoms with Crippen molar-refractivity contribution < 1.29 is 28.0 Å². The maximum atomic E-state index is 12.4. The third-order valence-corrected chi connectivity index (χ3v) is 3.71. The minimum atomic E-state index is -4.44. The van der Waals surface area contributed by atoms with E-state index in [1.165, 1.54) is 0 Å². The summed E-state index contributed by atoms with van der Waals surface area (Å²) in [4.78, 5) is 10.1. The first-order valence-corrected chi connectivity index (χ1v) is 9.50. The third-order valence-electron chi connectivity index (χ3n) is 2.85. The molecule has 136 valence electrons. The van der Waals surface area contributed by atoms with Gasteiger partial charge in [-0.1, -0.05) is 24.3 Å². The molecule has 0 aliphatic carbocycles. The molecule has 0 aromatic heterocycles. The van der Waals surface area contributed by atoms with Crippen molar-refractivity contribution >= 4 is 7.82 Å². The monoisotopic (exact) mass is 366 g/mol. The summed E-state index contributed by atoms with van der Waals surface area (Å²) in [6.07, 6.45) is -0.215. The molecule has 2 aromatic rings. The fourth-order valence-corrected chi connectivity index (χ4v) is 2.86. The molecule has 0 heterocycles. The lowest BCUT2D eigenvalue weighted by Crippen LogP contribution is -2.09. The number of para-hydroxylation sites is 4. The predicted octanol–water partition coefficient (Wildman–Crippen LogP) is 4.82. The van der Waals surface area contributed by atoms with E-state index in [4.69, 9.17) is 18.5 Å². The molecule has 0 aliphatic heterocycles. The molecule has 0 atom stereocenters. The Balaban J connectivity index is 2.20. The van der Waals surface area contributed by atoms with Crippen LogP contribution in [0.1, 0.15) is 27.7 Å². The van der Waals surface area contributed by atoms with E-state index in [1.807, 2.05) is 27.7 Å².